The van der Waals surface area contributed by atoms with Gasteiger partial charge in [-0.05, 0) is 32.1 Å². The summed E-state index contributed by atoms with van der Waals surface area (Å²) in [5.41, 5.74) is 0. The van der Waals surface area contributed by atoms with Gasteiger partial charge in [0.25, 0.3) is 0 Å². The van der Waals surface area contributed by atoms with Crippen molar-refractivity contribution in [3.63, 3.8) is 0 Å². The van der Waals surface area contributed by atoms with Gasteiger partial charge in [-0.15, -0.1) is 0 Å². The summed E-state index contributed by atoms with van der Waals surface area (Å²) >= 11 is 0. The summed E-state index contributed by atoms with van der Waals surface area (Å²) in [7, 11) is 0. The molecule has 0 fully saturated rings. The molecule has 0 spiro atoms. The number of unbranched alkanes of at least 4 members (excludes halogenated alkanes) is 11. The Labute approximate surface area is 154 Å². The molecule has 0 aromatic heterocycles. The summed E-state index contributed by atoms with van der Waals surface area (Å²) in [6.07, 6.45) is 21.3. The van der Waals surface area contributed by atoms with Crippen LogP contribution in [-0.4, -0.2) is 40.6 Å². The maximum Gasteiger partial charge on any atom is 0.303 e. The van der Waals surface area contributed by atoms with Crippen LogP contribution in [0, 0.1) is 0 Å². The van der Waals surface area contributed by atoms with Crippen molar-refractivity contribution in [1.29, 1.82) is 0 Å². The van der Waals surface area contributed by atoms with Crippen LogP contribution < -0.4 is 0 Å². The third-order valence-corrected chi connectivity index (χ3v) is 3.65. The zero-order chi connectivity index (χ0) is 14.9. The van der Waals surface area contributed by atoms with Gasteiger partial charge in [0.2, 0.25) is 0 Å². The number of rotatable bonds is 15. The van der Waals surface area contributed by atoms with E-state index in [1.165, 1.54) is 64.2 Å². The monoisotopic (exact) mass is 305 g/mol. The van der Waals surface area contributed by atoms with Gasteiger partial charge in [0.1, 0.15) is 0 Å². The fraction of sp³-hybridized carbons (Fsp3) is 0.833. The van der Waals surface area contributed by atoms with Crippen LogP contribution in [0.3, 0.4) is 0 Å². The Bertz CT molecular complexity index is 239. The normalized spacial score (nSPS) is 10.7. The van der Waals surface area contributed by atoms with Crippen molar-refractivity contribution in [2.24, 2.45) is 0 Å². The van der Waals surface area contributed by atoms with Gasteiger partial charge >= 0.3 is 5.97 Å². The summed E-state index contributed by atoms with van der Waals surface area (Å²) < 4.78 is 0. The fourth-order valence-corrected chi connectivity index (χ4v) is 2.35. The Balaban J connectivity index is 0. The SMILES string of the molecule is CCCCCCCCCCC/C=C/CCCCC(=O)O.[Na]. The molecule has 0 heterocycles. The average molecular weight is 305 g/mol. The minimum Gasteiger partial charge on any atom is -0.481 e. The number of hydrogen-bond acceptors (Lipinski definition) is 1. The Kier molecular flexibility index (Phi) is 22.6. The molecule has 0 aliphatic carbocycles. The van der Waals surface area contributed by atoms with Crippen LogP contribution in [0.25, 0.3) is 0 Å². The molecule has 0 atom stereocenters. The van der Waals surface area contributed by atoms with Crippen molar-refractivity contribution in [2.75, 3.05) is 0 Å². The molecule has 0 saturated heterocycles. The van der Waals surface area contributed by atoms with E-state index in [9.17, 15) is 4.79 Å². The van der Waals surface area contributed by atoms with Crippen LogP contribution in [0.1, 0.15) is 96.8 Å². The summed E-state index contributed by atoms with van der Waals surface area (Å²) in [4.78, 5) is 10.3. The van der Waals surface area contributed by atoms with Gasteiger partial charge in [-0.25, -0.2) is 0 Å². The van der Waals surface area contributed by atoms with E-state index >= 15 is 0 Å². The summed E-state index contributed by atoms with van der Waals surface area (Å²) in [6, 6.07) is 0. The molecule has 1 radical (unpaired) electrons. The van der Waals surface area contributed by atoms with E-state index in [0.717, 1.165) is 19.3 Å². The number of carbonyl (C=O) groups is 1. The second-order valence-electron chi connectivity index (χ2n) is 5.73. The van der Waals surface area contributed by atoms with Crippen LogP contribution >= 0.6 is 0 Å². The standard InChI is InChI=1S/C18H34O2.Na/c1-2-3-4-5-6-7-8-9-10-11-12-13-14-15-16-17-18(19)20;/h12-13H,2-11,14-17H2,1H3,(H,19,20);/b13-12+;. The minimum atomic E-state index is -0.677. The molecular formula is C18H34NaO2. The van der Waals surface area contributed by atoms with Gasteiger partial charge in [-0.3, -0.25) is 4.79 Å². The number of allylic oxidation sites excluding steroid dienone is 2. The molecule has 0 amide bonds. The number of aliphatic carboxylic acids is 1. The first kappa shape index (κ1) is 23.5. The molecular weight excluding hydrogens is 271 g/mol. The van der Waals surface area contributed by atoms with Crippen molar-refractivity contribution in [2.45, 2.75) is 96.8 Å². The summed E-state index contributed by atoms with van der Waals surface area (Å²) in [5.74, 6) is -0.677. The van der Waals surface area contributed by atoms with Crippen LogP contribution in [0.5, 0.6) is 0 Å². The van der Waals surface area contributed by atoms with Gasteiger partial charge in [-0.2, -0.15) is 0 Å². The summed E-state index contributed by atoms with van der Waals surface area (Å²) in [5, 5.41) is 8.50. The van der Waals surface area contributed by atoms with Crippen molar-refractivity contribution in [1.82, 2.24) is 0 Å². The largest absolute Gasteiger partial charge is 0.481 e. The predicted octanol–water partition coefficient (Wildman–Crippen LogP) is 5.73. The molecule has 0 rings (SSSR count). The molecule has 0 aromatic carbocycles. The molecule has 119 valence electrons. The van der Waals surface area contributed by atoms with Gasteiger partial charge in [0.05, 0.1) is 0 Å². The van der Waals surface area contributed by atoms with E-state index in [2.05, 4.69) is 19.1 Å². The third-order valence-electron chi connectivity index (χ3n) is 3.65. The third kappa shape index (κ3) is 22.6. The van der Waals surface area contributed by atoms with E-state index < -0.39 is 5.97 Å². The van der Waals surface area contributed by atoms with E-state index in [4.69, 9.17) is 5.11 Å². The average Bonchev–Trinajstić information content (AvgIpc) is 2.43. The molecule has 0 bridgehead atoms. The Morgan fingerprint density at radius 1 is 0.762 bits per heavy atom. The van der Waals surface area contributed by atoms with Crippen LogP contribution in [0.15, 0.2) is 12.2 Å². The molecule has 0 saturated carbocycles. The molecule has 21 heavy (non-hydrogen) atoms. The molecule has 2 nitrogen and oxygen atoms in total. The van der Waals surface area contributed by atoms with Crippen LogP contribution in [-0.2, 0) is 4.79 Å². The van der Waals surface area contributed by atoms with Gasteiger partial charge in [-0.1, -0.05) is 70.4 Å². The van der Waals surface area contributed by atoms with E-state index in [1.807, 2.05) is 0 Å². The van der Waals surface area contributed by atoms with Crippen molar-refractivity contribution in [3.8, 4) is 0 Å². The number of hydrogen-bond donors (Lipinski definition) is 1. The van der Waals surface area contributed by atoms with Crippen LogP contribution in [0.4, 0.5) is 0 Å². The van der Waals surface area contributed by atoms with E-state index in [1.54, 1.807) is 0 Å². The predicted molar refractivity (Wildman–Crippen MR) is 92.8 cm³/mol. The first-order valence-corrected chi connectivity index (χ1v) is 8.64. The molecule has 0 aliphatic heterocycles. The van der Waals surface area contributed by atoms with Crippen molar-refractivity contribution < 1.29 is 9.90 Å². The maximum atomic E-state index is 10.3. The van der Waals surface area contributed by atoms with Gasteiger partial charge < -0.3 is 5.11 Å². The van der Waals surface area contributed by atoms with E-state index in [-0.39, 0.29) is 29.6 Å². The zero-order valence-corrected chi connectivity index (χ0v) is 16.4. The Morgan fingerprint density at radius 3 is 1.67 bits per heavy atom. The summed E-state index contributed by atoms with van der Waals surface area (Å²) in [6.45, 7) is 2.26. The Morgan fingerprint density at radius 2 is 1.19 bits per heavy atom. The van der Waals surface area contributed by atoms with Crippen LogP contribution in [0.2, 0.25) is 0 Å². The maximum absolute atomic E-state index is 10.3. The Hall–Kier alpha value is 0.210. The molecule has 0 aliphatic rings. The number of carboxylic acid groups (broad SMARTS) is 1. The molecule has 0 aromatic rings. The molecule has 0 unspecified atom stereocenters. The second kappa shape index (κ2) is 20.2. The van der Waals surface area contributed by atoms with Gasteiger partial charge in [0.15, 0.2) is 0 Å². The van der Waals surface area contributed by atoms with E-state index in [0.29, 0.717) is 6.42 Å². The smallest absolute Gasteiger partial charge is 0.303 e. The molecule has 1 N–H and O–H groups in total. The first-order valence-electron chi connectivity index (χ1n) is 8.64. The first-order chi connectivity index (χ1) is 9.77. The fourth-order valence-electron chi connectivity index (χ4n) is 2.35. The van der Waals surface area contributed by atoms with Crippen molar-refractivity contribution >= 4 is 35.5 Å². The molecule has 3 heteroatoms. The number of carboxylic acids is 1. The quantitative estimate of drug-likeness (QED) is 0.238. The topological polar surface area (TPSA) is 37.3 Å². The second-order valence-corrected chi connectivity index (χ2v) is 5.73. The van der Waals surface area contributed by atoms with Crippen molar-refractivity contribution in [3.05, 3.63) is 12.2 Å². The zero-order valence-electron chi connectivity index (χ0n) is 14.4. The minimum absolute atomic E-state index is 0. The van der Waals surface area contributed by atoms with Gasteiger partial charge in [0, 0.05) is 36.0 Å².